The van der Waals surface area contributed by atoms with E-state index in [1.54, 1.807) is 0 Å². The summed E-state index contributed by atoms with van der Waals surface area (Å²) in [6, 6.07) is 6.18. The van der Waals surface area contributed by atoms with Crippen molar-refractivity contribution in [3.05, 3.63) is 77.5 Å². The van der Waals surface area contributed by atoms with Gasteiger partial charge < -0.3 is 14.6 Å². The van der Waals surface area contributed by atoms with Gasteiger partial charge in [0.25, 0.3) is 32.0 Å². The number of hydrazone groups is 1. The number of ether oxygens (including phenoxy) is 2. The molecule has 0 unspecified atom stereocenters. The number of aromatic hydroxyl groups is 1. The van der Waals surface area contributed by atoms with E-state index in [0.717, 1.165) is 62.6 Å². The molecule has 1 aromatic heterocycles. The molecule has 1 aliphatic heterocycles. The Bertz CT molecular complexity index is 2280. The summed E-state index contributed by atoms with van der Waals surface area (Å²) in [4.78, 5) is 36.4. The van der Waals surface area contributed by atoms with Gasteiger partial charge in [0.05, 0.1) is 48.1 Å². The number of allylic oxidation sites excluding steroid dienone is 4. The van der Waals surface area contributed by atoms with Crippen LogP contribution in [-0.2, 0) is 58.0 Å². The topological polar surface area (TPSA) is 309 Å². The molecule has 0 saturated heterocycles. The molecule has 2 heterocycles. The molecule has 0 bridgehead atoms. The lowest BCUT2D eigenvalue weighted by molar-refractivity contribution is -0.432. The van der Waals surface area contributed by atoms with Crippen LogP contribution in [-0.4, -0.2) is 82.2 Å². The Labute approximate surface area is 305 Å². The molecule has 4 rings (SSSR count). The van der Waals surface area contributed by atoms with E-state index in [1.165, 1.54) is 18.2 Å². The van der Waals surface area contributed by atoms with Gasteiger partial charge in [-0.15, -0.1) is 13.8 Å². The van der Waals surface area contributed by atoms with Gasteiger partial charge in [-0.25, -0.2) is 15.3 Å². The number of aromatic nitrogens is 2. The second kappa shape index (κ2) is 17.2. The van der Waals surface area contributed by atoms with Gasteiger partial charge in [0.2, 0.25) is 5.88 Å². The Balaban J connectivity index is 1.73. The highest BCUT2D eigenvalue weighted by molar-refractivity contribution is 7.94. The van der Waals surface area contributed by atoms with Gasteiger partial charge >= 0.3 is 11.9 Å². The molecular formula is C27H22N4O18S4. The lowest BCUT2D eigenvalue weighted by atomic mass is 10.2. The average molecular weight is 819 g/mol. The van der Waals surface area contributed by atoms with E-state index in [4.69, 9.17) is 20.0 Å². The van der Waals surface area contributed by atoms with Crippen LogP contribution in [0.2, 0.25) is 0 Å². The van der Waals surface area contributed by atoms with E-state index in [-0.39, 0.29) is 15.4 Å². The van der Waals surface area contributed by atoms with Crippen molar-refractivity contribution in [2.75, 3.05) is 12.1 Å². The number of carbonyl (C=O) groups excluding carboxylic acids is 3. The first kappa shape index (κ1) is 40.8. The van der Waals surface area contributed by atoms with Crippen LogP contribution in [0.3, 0.4) is 0 Å². The highest BCUT2D eigenvalue weighted by Gasteiger charge is 2.36. The summed E-state index contributed by atoms with van der Waals surface area (Å²) in [6.07, 6.45) is 5.87. The molecule has 22 nitrogen and oxygen atoms in total. The number of esters is 2. The number of rotatable bonds is 14. The maximum Gasteiger partial charge on any atom is 0.359 e. The Kier molecular flexibility index (Phi) is 13.3. The first-order valence-corrected chi connectivity index (χ1v) is 18.0. The minimum Gasteiger partial charge on any atom is -0.493 e. The summed E-state index contributed by atoms with van der Waals surface area (Å²) >= 11 is 0.792. The molecule has 53 heavy (non-hydrogen) atoms. The van der Waals surface area contributed by atoms with E-state index < -0.39 is 82.3 Å². The molecular weight excluding hydrogens is 797 g/mol. The average Bonchev–Trinajstić information content (AvgIpc) is 3.59. The summed E-state index contributed by atoms with van der Waals surface area (Å²) in [5.41, 5.74) is -2.23. The molecule has 2 aromatic carbocycles. The van der Waals surface area contributed by atoms with E-state index in [2.05, 4.69) is 28.9 Å². The van der Waals surface area contributed by atoms with Crippen molar-refractivity contribution < 1.29 is 84.2 Å². The van der Waals surface area contributed by atoms with Crippen LogP contribution in [0.5, 0.6) is 5.88 Å². The first-order valence-electron chi connectivity index (χ1n) is 13.6. The fourth-order valence-electron chi connectivity index (χ4n) is 4.25. The fraction of sp³-hybridized carbons (Fsp3) is 0.0741. The van der Waals surface area contributed by atoms with Crippen molar-refractivity contribution >= 4 is 79.8 Å². The van der Waals surface area contributed by atoms with E-state index in [1.807, 2.05) is 0 Å². The number of methoxy groups -OCH3 is 1. The minimum atomic E-state index is -4.95. The predicted molar refractivity (Wildman–Crippen MR) is 177 cm³/mol. The number of amides is 1. The summed E-state index contributed by atoms with van der Waals surface area (Å²) < 4.78 is 86.9. The van der Waals surface area contributed by atoms with Gasteiger partial charge in [-0.2, -0.15) is 31.6 Å². The number of anilines is 1. The number of hydrogen-bond donors (Lipinski definition) is 5. The maximum atomic E-state index is 13.4. The van der Waals surface area contributed by atoms with Gasteiger partial charge in [-0.05, 0) is 48.6 Å². The molecule has 1 aliphatic rings. The molecule has 0 radical (unpaired) electrons. The Morgan fingerprint density at radius 1 is 0.868 bits per heavy atom. The van der Waals surface area contributed by atoms with E-state index >= 15 is 0 Å². The minimum absolute atomic E-state index is 0.0602. The zero-order valence-electron chi connectivity index (χ0n) is 26.3. The number of nitrogens with zero attached hydrogens (tertiary/aromatic N) is 4. The smallest absolute Gasteiger partial charge is 0.359 e. The molecule has 0 aliphatic carbocycles. The Hall–Kier alpha value is -4.97. The van der Waals surface area contributed by atoms with Crippen LogP contribution in [0.1, 0.15) is 23.0 Å². The standard InChI is InChI=1S/C27H22N4O18S4/c1-14(32)45-24-18(26(34)31(29-24)20-13-16(51-49-47-37)9-11-22(20)53(41,42)43)7-5-3-4-6-17-23(27(35)44-2)28-30(25(17)33)19-12-15(50-48-46-36)8-10-21(19)52(38,39)40/h3-13,33,36-37H,1-2H3,(H,38,39,40)(H,41,42,43). The van der Waals surface area contributed by atoms with Crippen LogP contribution in [0, 0.1) is 0 Å². The van der Waals surface area contributed by atoms with E-state index in [9.17, 15) is 45.4 Å². The predicted octanol–water partition coefficient (Wildman–Crippen LogP) is 3.13. The second-order valence-electron chi connectivity index (χ2n) is 9.59. The fourth-order valence-corrected chi connectivity index (χ4v) is 6.33. The zero-order chi connectivity index (χ0) is 39.1. The number of hydrogen-bond acceptors (Lipinski definition) is 20. The first-order chi connectivity index (χ1) is 25.0. The van der Waals surface area contributed by atoms with Crippen LogP contribution < -0.4 is 5.01 Å². The quantitative estimate of drug-likeness (QED) is 0.0297. The normalized spacial score (nSPS) is 14.5. The third kappa shape index (κ3) is 9.72. The van der Waals surface area contributed by atoms with Crippen LogP contribution in [0.25, 0.3) is 11.8 Å². The zero-order valence-corrected chi connectivity index (χ0v) is 29.6. The van der Waals surface area contributed by atoms with Crippen molar-refractivity contribution in [1.82, 2.24) is 9.78 Å². The van der Waals surface area contributed by atoms with Crippen molar-refractivity contribution in [1.29, 1.82) is 0 Å². The number of carbonyl (C=O) groups is 3. The van der Waals surface area contributed by atoms with Crippen molar-refractivity contribution in [3.8, 4) is 11.6 Å². The lowest BCUT2D eigenvalue weighted by Gasteiger charge is -2.15. The highest BCUT2D eigenvalue weighted by atomic mass is 32.2. The molecule has 0 saturated carbocycles. The van der Waals surface area contributed by atoms with Gasteiger partial charge in [0, 0.05) is 16.7 Å². The lowest BCUT2D eigenvalue weighted by Crippen LogP contribution is -2.23. The van der Waals surface area contributed by atoms with E-state index in [0.29, 0.717) is 33.8 Å². The molecule has 0 spiro atoms. The van der Waals surface area contributed by atoms with Gasteiger partial charge in [-0.1, -0.05) is 28.3 Å². The maximum absolute atomic E-state index is 13.4. The molecule has 0 atom stereocenters. The molecule has 1 amide bonds. The van der Waals surface area contributed by atoms with Gasteiger partial charge in [-0.3, -0.25) is 18.7 Å². The third-order valence-electron chi connectivity index (χ3n) is 6.30. The molecule has 0 fully saturated rings. The van der Waals surface area contributed by atoms with Crippen LogP contribution >= 0.6 is 24.1 Å². The summed E-state index contributed by atoms with van der Waals surface area (Å²) in [6.45, 7) is 0.996. The van der Waals surface area contributed by atoms with Crippen LogP contribution in [0.15, 0.2) is 91.0 Å². The third-order valence-corrected chi connectivity index (χ3v) is 9.25. The molecule has 5 N–H and O–H groups in total. The summed E-state index contributed by atoms with van der Waals surface area (Å²) in [7, 11) is -8.90. The second-order valence-corrected chi connectivity index (χ2v) is 13.9. The Morgan fingerprint density at radius 2 is 1.43 bits per heavy atom. The molecule has 282 valence electrons. The monoisotopic (exact) mass is 818 g/mol. The largest absolute Gasteiger partial charge is 0.493 e. The highest BCUT2D eigenvalue weighted by Crippen LogP contribution is 2.35. The molecule has 26 heteroatoms. The van der Waals surface area contributed by atoms with Gasteiger partial charge in [0.1, 0.15) is 15.4 Å². The Morgan fingerprint density at radius 3 is 1.96 bits per heavy atom. The van der Waals surface area contributed by atoms with Gasteiger partial charge in [0.15, 0.2) is 5.69 Å². The van der Waals surface area contributed by atoms with Crippen LogP contribution in [0.4, 0.5) is 5.69 Å². The molecule has 3 aromatic rings. The number of benzene rings is 2. The SMILES string of the molecule is COC(=O)c1nn(-c2cc(SOOO)ccc2S(=O)(=O)O)c(O)c1C=CC=CC=C1C(=O)N(c2cc(SOOO)ccc2S(=O)(=O)O)N=C1OC(C)=O. The van der Waals surface area contributed by atoms with Crippen molar-refractivity contribution in [2.45, 2.75) is 26.5 Å². The van der Waals surface area contributed by atoms with Crippen molar-refractivity contribution in [2.24, 2.45) is 5.10 Å². The summed E-state index contributed by atoms with van der Waals surface area (Å²) in [5, 5.41) is 43.3. The summed E-state index contributed by atoms with van der Waals surface area (Å²) in [5.74, 6) is -4.44. The van der Waals surface area contributed by atoms with Crippen molar-refractivity contribution in [3.63, 3.8) is 0 Å².